The number of nitrogens with zero attached hydrogens (tertiary/aromatic N) is 1. The van der Waals surface area contributed by atoms with Gasteiger partial charge < -0.3 is 35.1 Å². The minimum absolute atomic E-state index is 0.0101. The maximum Gasteiger partial charge on any atom is 0.405 e. The molecule has 18 heteroatoms. The molecule has 0 spiro atoms. The van der Waals surface area contributed by atoms with Crippen LogP contribution in [-0.2, 0) is 54.1 Å². The van der Waals surface area contributed by atoms with Crippen LogP contribution in [0, 0.1) is 11.8 Å². The Hall–Kier alpha value is -6.37. The number of carbonyl (C=O) groups is 9. The van der Waals surface area contributed by atoms with E-state index in [0.29, 0.717) is 5.57 Å². The van der Waals surface area contributed by atoms with E-state index in [2.05, 4.69) is 10.6 Å². The molecule has 0 unspecified atom stereocenters. The van der Waals surface area contributed by atoms with E-state index in [1.165, 1.54) is 44.6 Å². The Morgan fingerprint density at radius 2 is 1.75 bits per heavy atom. The fraction of sp³-hybridized carbons (Fsp3) is 0.457. The normalized spacial score (nSPS) is 28.4. The molecule has 5 rings (SSSR count). The highest BCUT2D eigenvalue weighted by molar-refractivity contribution is 6.25. The number of benzene rings is 1. The molecule has 2 aliphatic heterocycles. The van der Waals surface area contributed by atoms with Crippen LogP contribution in [-0.4, -0.2) is 121 Å². The second-order valence-electron chi connectivity index (χ2n) is 16.3. The van der Waals surface area contributed by atoms with Gasteiger partial charge in [0.2, 0.25) is 17.6 Å². The first kappa shape index (κ1) is 48.7. The van der Waals surface area contributed by atoms with Crippen LogP contribution in [0.25, 0.3) is 0 Å². The second kappa shape index (κ2) is 21.3. The van der Waals surface area contributed by atoms with Crippen molar-refractivity contribution in [3.63, 3.8) is 0 Å². The highest BCUT2D eigenvalue weighted by Crippen LogP contribution is 2.32. The van der Waals surface area contributed by atoms with E-state index >= 15 is 0 Å². The summed E-state index contributed by atoms with van der Waals surface area (Å²) in [5.41, 5.74) is 6.37. The molecule has 64 heavy (non-hydrogen) atoms. The lowest BCUT2D eigenvalue weighted by Crippen LogP contribution is -2.54. The van der Waals surface area contributed by atoms with Crippen LogP contribution >= 0.6 is 0 Å². The van der Waals surface area contributed by atoms with Gasteiger partial charge >= 0.3 is 12.1 Å². The smallest absolute Gasteiger partial charge is 0.405 e. The minimum atomic E-state index is -1.18. The number of ether oxygens (including phenoxy) is 4. The van der Waals surface area contributed by atoms with Gasteiger partial charge in [-0.05, 0) is 67.9 Å². The summed E-state index contributed by atoms with van der Waals surface area (Å²) in [6, 6.07) is 3.21. The lowest BCUT2D eigenvalue weighted by atomic mass is 9.82. The molecule has 1 fully saturated rings. The van der Waals surface area contributed by atoms with Crippen LogP contribution in [0.5, 0.6) is 0 Å². The maximum absolute atomic E-state index is 14.1. The summed E-state index contributed by atoms with van der Waals surface area (Å²) in [6.45, 7) is 6.44. The first-order valence-corrected chi connectivity index (χ1v) is 20.9. The van der Waals surface area contributed by atoms with Crippen molar-refractivity contribution in [1.29, 1.82) is 0 Å². The lowest BCUT2D eigenvalue weighted by Gasteiger charge is -2.30. The fourth-order valence-electron chi connectivity index (χ4n) is 8.26. The number of fused-ring (bicyclic) bond motifs is 3. The van der Waals surface area contributed by atoms with Crippen molar-refractivity contribution >= 4 is 53.0 Å². The van der Waals surface area contributed by atoms with Gasteiger partial charge in [0.1, 0.15) is 18.8 Å². The molecule has 5 N–H and O–H groups in total. The number of carbonyl (C=O) groups excluding carboxylic acids is 9. The maximum atomic E-state index is 14.1. The number of nitrogens with two attached hydrogens (primary N) is 1. The van der Waals surface area contributed by atoms with E-state index in [-0.39, 0.29) is 90.3 Å². The molecule has 7 atom stereocenters. The molecule has 18 nitrogen and oxygen atoms in total. The van der Waals surface area contributed by atoms with Crippen LogP contribution in [0.2, 0.25) is 0 Å². The fourth-order valence-corrected chi connectivity index (χ4v) is 8.26. The number of piperidine rings is 1. The van der Waals surface area contributed by atoms with E-state index < -0.39 is 95.8 Å². The number of amides is 5. The van der Waals surface area contributed by atoms with Crippen LogP contribution < -0.4 is 16.4 Å². The van der Waals surface area contributed by atoms with Crippen molar-refractivity contribution < 1.29 is 67.2 Å². The first-order chi connectivity index (χ1) is 30.4. The predicted molar refractivity (Wildman–Crippen MR) is 227 cm³/mol. The van der Waals surface area contributed by atoms with Crippen molar-refractivity contribution in [2.45, 2.75) is 96.7 Å². The number of esters is 1. The van der Waals surface area contributed by atoms with E-state index in [4.69, 9.17) is 24.7 Å². The number of hydrogen-bond donors (Lipinski definition) is 4. The molecule has 1 aromatic carbocycles. The molecule has 5 amide bonds. The van der Waals surface area contributed by atoms with Crippen molar-refractivity contribution in [2.24, 2.45) is 17.6 Å². The Labute approximate surface area is 369 Å². The Bertz CT molecular complexity index is 2270. The van der Waals surface area contributed by atoms with Gasteiger partial charge in [0.15, 0.2) is 17.7 Å². The van der Waals surface area contributed by atoms with Gasteiger partial charge in [-0.15, -0.1) is 0 Å². The van der Waals surface area contributed by atoms with Gasteiger partial charge in [-0.3, -0.25) is 48.6 Å². The Morgan fingerprint density at radius 1 is 1.02 bits per heavy atom. The molecule has 1 saturated heterocycles. The van der Waals surface area contributed by atoms with Crippen molar-refractivity contribution in [2.75, 3.05) is 27.4 Å². The molecule has 1 aromatic rings. The highest BCUT2D eigenvalue weighted by Gasteiger charge is 2.45. The van der Waals surface area contributed by atoms with Gasteiger partial charge in [0, 0.05) is 50.7 Å². The summed E-state index contributed by atoms with van der Waals surface area (Å²) in [5, 5.41) is 16.5. The number of Topliss-reactive ketones (excluding diaryl/α,β-unsaturated/α-hetero) is 2. The van der Waals surface area contributed by atoms with E-state index in [1.54, 1.807) is 32.9 Å². The van der Waals surface area contributed by atoms with Gasteiger partial charge in [0.05, 0.1) is 35.5 Å². The van der Waals surface area contributed by atoms with Gasteiger partial charge in [0.25, 0.3) is 11.8 Å². The van der Waals surface area contributed by atoms with E-state index in [0.717, 1.165) is 11.0 Å². The first-order valence-electron chi connectivity index (χ1n) is 20.9. The molecule has 0 radical (unpaired) electrons. The largest absolute Gasteiger partial charge is 0.464 e. The van der Waals surface area contributed by atoms with Crippen molar-refractivity contribution in [1.82, 2.24) is 15.5 Å². The Kier molecular flexibility index (Phi) is 16.2. The molecular formula is C46H54N4O14. The topological polar surface area (TPSA) is 264 Å². The summed E-state index contributed by atoms with van der Waals surface area (Å²) in [7, 11) is 2.84. The molecule has 342 valence electrons. The summed E-state index contributed by atoms with van der Waals surface area (Å²) < 4.78 is 22.1. The summed E-state index contributed by atoms with van der Waals surface area (Å²) in [6.07, 6.45) is 2.15. The van der Waals surface area contributed by atoms with Crippen molar-refractivity contribution in [3.8, 4) is 0 Å². The minimum Gasteiger partial charge on any atom is -0.464 e. The summed E-state index contributed by atoms with van der Waals surface area (Å²) in [4.78, 5) is 118. The molecule has 0 saturated carbocycles. The van der Waals surface area contributed by atoms with Crippen molar-refractivity contribution in [3.05, 3.63) is 93.3 Å². The zero-order valence-corrected chi connectivity index (χ0v) is 36.6. The Morgan fingerprint density at radius 3 is 2.42 bits per heavy atom. The number of rotatable bonds is 10. The molecule has 4 aliphatic rings. The molecular weight excluding hydrogens is 833 g/mol. The number of aliphatic hydroxyl groups excluding tert-OH is 1. The third-order valence-electron chi connectivity index (χ3n) is 11.6. The average Bonchev–Trinajstić information content (AvgIpc) is 3.50. The number of imide groups is 2. The number of methoxy groups -OCH3 is 2. The number of nitrogens with one attached hydrogen (secondary N) is 2. The third kappa shape index (κ3) is 11.2. The molecule has 0 aromatic heterocycles. The van der Waals surface area contributed by atoms with Crippen LogP contribution in [0.1, 0.15) is 86.1 Å². The number of primary amides is 1. The van der Waals surface area contributed by atoms with E-state index in [1.807, 2.05) is 6.92 Å². The van der Waals surface area contributed by atoms with Gasteiger partial charge in [-0.25, -0.2) is 4.79 Å². The predicted octanol–water partition coefficient (Wildman–Crippen LogP) is 2.42. The molecule has 2 aliphatic carbocycles. The number of allylic oxidation sites excluding steroid dienone is 6. The third-order valence-corrected chi connectivity index (χ3v) is 11.6. The van der Waals surface area contributed by atoms with Crippen LogP contribution in [0.4, 0.5) is 4.79 Å². The van der Waals surface area contributed by atoms with Gasteiger partial charge in [-0.2, -0.15) is 0 Å². The zero-order valence-electron chi connectivity index (χ0n) is 36.6. The van der Waals surface area contributed by atoms with Gasteiger partial charge in [-0.1, -0.05) is 50.3 Å². The SMILES string of the molecule is CO[C@H]1/C=C\C=C(/C)C(=O)CC2=CC(=O)C(NCCOC(=O)Cc3cccc4c3C(=O)N([C@@H]3CCC(=O)NC3=O)C4=O)=C(C[C@@H](C)C[C@H](OC)[C@@H](O)[C@@H](C)/C=C(\C)[C@@H]1OC(N)=O)C2=O. The Balaban J connectivity index is 1.33. The van der Waals surface area contributed by atoms with E-state index in [9.17, 15) is 48.3 Å². The summed E-state index contributed by atoms with van der Waals surface area (Å²) >= 11 is 0. The number of aliphatic hydroxyl groups is 1. The lowest BCUT2D eigenvalue weighted by molar-refractivity contribution is -0.142. The van der Waals surface area contributed by atoms with Crippen LogP contribution in [0.15, 0.2) is 76.6 Å². The standard InChI is InChI=1S/C46H54N4O14/c1-23-17-30-39(48-15-16-63-37(54)22-27-10-8-11-29-38(27)45(59)50(44(29)58)31-13-14-36(53)49-43(31)57)33(52)21-28(41(30)56)20-32(51)24(2)9-7-12-34(61-5)42(64-46(47)60)26(4)19-25(3)40(55)35(18-23)62-6/h7-12,19,21,23,25,31,34-35,40,42,48,55H,13-18,20,22H2,1-6H3,(H2,47,60)(H,49,53,57)/b12-7-,24-9+,26-19+/t23-,25+,31-,34+,35+,40+,42+/m1/s1. The quantitative estimate of drug-likeness (QED) is 0.0865. The number of ketones is 3. The second-order valence-corrected chi connectivity index (χ2v) is 16.3. The molecule has 2 bridgehead atoms. The monoisotopic (exact) mass is 886 g/mol. The average molecular weight is 887 g/mol. The zero-order chi connectivity index (χ0) is 47.0. The van der Waals surface area contributed by atoms with Crippen LogP contribution in [0.3, 0.4) is 0 Å². The number of hydrogen-bond acceptors (Lipinski definition) is 15. The highest BCUT2D eigenvalue weighted by atomic mass is 16.6. The molecule has 2 heterocycles. The summed E-state index contributed by atoms with van der Waals surface area (Å²) in [5.74, 6) is -5.97.